The van der Waals surface area contributed by atoms with Crippen molar-refractivity contribution in [2.75, 3.05) is 19.6 Å². The van der Waals surface area contributed by atoms with Crippen LogP contribution >= 0.6 is 0 Å². The second-order valence-electron chi connectivity index (χ2n) is 7.47. The number of hydrogen-bond donors (Lipinski definition) is 0. The molecule has 0 aliphatic carbocycles. The summed E-state index contributed by atoms with van der Waals surface area (Å²) in [5.74, 6) is -0.121. The van der Waals surface area contributed by atoms with Crippen molar-refractivity contribution in [3.05, 3.63) is 65.2 Å². The van der Waals surface area contributed by atoms with Crippen LogP contribution < -0.4 is 0 Å². The van der Waals surface area contributed by atoms with Gasteiger partial charge in [0.15, 0.2) is 0 Å². The lowest BCUT2D eigenvalue weighted by atomic mass is 10.1. The first-order valence-corrected chi connectivity index (χ1v) is 11.2. The summed E-state index contributed by atoms with van der Waals surface area (Å²) in [4.78, 5) is 14.9. The van der Waals surface area contributed by atoms with Crippen LogP contribution in [0.1, 0.15) is 36.0 Å². The molecular weight excluding hydrogens is 372 g/mol. The molecule has 1 aliphatic rings. The second kappa shape index (κ2) is 8.88. The summed E-state index contributed by atoms with van der Waals surface area (Å²) < 4.78 is 28.3. The topological polar surface area (TPSA) is 57.7 Å². The Morgan fingerprint density at radius 3 is 2.36 bits per heavy atom. The van der Waals surface area contributed by atoms with E-state index in [9.17, 15) is 13.2 Å². The number of rotatable bonds is 6. The van der Waals surface area contributed by atoms with Crippen LogP contribution in [0.25, 0.3) is 0 Å². The molecule has 3 rings (SSSR count). The van der Waals surface area contributed by atoms with Crippen molar-refractivity contribution in [2.24, 2.45) is 0 Å². The lowest BCUT2D eigenvalue weighted by molar-refractivity contribution is -0.132. The van der Waals surface area contributed by atoms with Crippen LogP contribution in [0.15, 0.2) is 53.4 Å². The first kappa shape index (κ1) is 20.6. The van der Waals surface area contributed by atoms with E-state index in [0.29, 0.717) is 18.7 Å². The Labute approximate surface area is 168 Å². The van der Waals surface area contributed by atoms with E-state index in [4.69, 9.17) is 0 Å². The highest BCUT2D eigenvalue weighted by atomic mass is 32.2. The maximum absolute atomic E-state index is 13.5. The number of sulfonamides is 1. The van der Waals surface area contributed by atoms with Crippen molar-refractivity contribution in [3.8, 4) is 0 Å². The van der Waals surface area contributed by atoms with Gasteiger partial charge in [0.1, 0.15) is 0 Å². The Balaban J connectivity index is 1.92. The summed E-state index contributed by atoms with van der Waals surface area (Å²) >= 11 is 0. The minimum atomic E-state index is -3.80. The summed E-state index contributed by atoms with van der Waals surface area (Å²) in [6.07, 6.45) is 3.08. The highest BCUT2D eigenvalue weighted by Gasteiger charge is 2.30. The molecule has 2 aromatic rings. The molecule has 1 heterocycles. The number of hydrogen-bond acceptors (Lipinski definition) is 3. The number of carbonyl (C=O) groups excluding carboxylic acids is 1. The minimum Gasteiger partial charge on any atom is -0.342 e. The summed E-state index contributed by atoms with van der Waals surface area (Å²) in [6.45, 7) is 5.13. The highest BCUT2D eigenvalue weighted by molar-refractivity contribution is 7.89. The van der Waals surface area contributed by atoms with Crippen LogP contribution in [-0.4, -0.2) is 43.2 Å². The first-order valence-electron chi connectivity index (χ1n) is 9.77. The number of benzene rings is 2. The number of carbonyl (C=O) groups is 1. The maximum atomic E-state index is 13.5. The van der Waals surface area contributed by atoms with Gasteiger partial charge in [-0.3, -0.25) is 4.79 Å². The van der Waals surface area contributed by atoms with Gasteiger partial charge in [0.25, 0.3) is 0 Å². The van der Waals surface area contributed by atoms with Gasteiger partial charge in [-0.2, -0.15) is 4.31 Å². The van der Waals surface area contributed by atoms with Crippen LogP contribution in [0.5, 0.6) is 0 Å². The van der Waals surface area contributed by atoms with Gasteiger partial charge >= 0.3 is 0 Å². The SMILES string of the molecule is Cc1ccc(C)c(S(=O)(=O)N(CC(=O)N2CCCCC2)Cc2ccccc2)c1. The number of likely N-dealkylation sites (tertiary alicyclic amines) is 1. The summed E-state index contributed by atoms with van der Waals surface area (Å²) in [5.41, 5.74) is 2.43. The van der Waals surface area contributed by atoms with E-state index in [-0.39, 0.29) is 23.9 Å². The quantitative estimate of drug-likeness (QED) is 0.746. The average molecular weight is 401 g/mol. The third kappa shape index (κ3) is 4.80. The molecule has 5 nitrogen and oxygen atoms in total. The zero-order valence-corrected chi connectivity index (χ0v) is 17.4. The first-order chi connectivity index (χ1) is 13.4. The van der Waals surface area contributed by atoms with Crippen molar-refractivity contribution >= 4 is 15.9 Å². The van der Waals surface area contributed by atoms with Gasteiger partial charge in [-0.1, -0.05) is 42.5 Å². The van der Waals surface area contributed by atoms with Crippen molar-refractivity contribution in [2.45, 2.75) is 44.6 Å². The predicted octanol–water partition coefficient (Wildman–Crippen LogP) is 3.51. The molecule has 1 saturated heterocycles. The van der Waals surface area contributed by atoms with Crippen molar-refractivity contribution in [3.63, 3.8) is 0 Å². The molecule has 0 saturated carbocycles. The van der Waals surface area contributed by atoms with E-state index in [1.165, 1.54) is 4.31 Å². The number of nitrogens with zero attached hydrogens (tertiary/aromatic N) is 2. The van der Waals surface area contributed by atoms with E-state index in [2.05, 4.69) is 0 Å². The molecule has 2 aromatic carbocycles. The third-order valence-corrected chi connectivity index (χ3v) is 7.12. The standard InChI is InChI=1S/C22H28N2O3S/c1-18-11-12-19(2)21(15-18)28(26,27)24(16-20-9-5-3-6-10-20)17-22(25)23-13-7-4-8-14-23/h3,5-6,9-12,15H,4,7-8,13-14,16-17H2,1-2H3. The van der Waals surface area contributed by atoms with Crippen LogP contribution in [0, 0.1) is 13.8 Å². The van der Waals surface area contributed by atoms with Crippen LogP contribution in [0.4, 0.5) is 0 Å². The molecule has 0 aromatic heterocycles. The Morgan fingerprint density at radius 1 is 1.00 bits per heavy atom. The largest absolute Gasteiger partial charge is 0.342 e. The van der Waals surface area contributed by atoms with Crippen LogP contribution in [0.3, 0.4) is 0 Å². The molecule has 0 bridgehead atoms. The van der Waals surface area contributed by atoms with E-state index in [1.807, 2.05) is 49.4 Å². The average Bonchev–Trinajstić information content (AvgIpc) is 2.70. The van der Waals surface area contributed by atoms with Gasteiger partial charge in [0.2, 0.25) is 15.9 Å². The van der Waals surface area contributed by atoms with Crippen molar-refractivity contribution < 1.29 is 13.2 Å². The Bertz CT molecular complexity index is 920. The van der Waals surface area contributed by atoms with Gasteiger partial charge in [0, 0.05) is 19.6 Å². The molecule has 0 atom stereocenters. The molecular formula is C22H28N2O3S. The Morgan fingerprint density at radius 2 is 1.68 bits per heavy atom. The fourth-order valence-corrected chi connectivity index (χ4v) is 5.22. The molecule has 0 unspecified atom stereocenters. The van der Waals surface area contributed by atoms with Crippen LogP contribution in [-0.2, 0) is 21.4 Å². The third-order valence-electron chi connectivity index (χ3n) is 5.18. The molecule has 0 N–H and O–H groups in total. The smallest absolute Gasteiger partial charge is 0.244 e. The van der Waals surface area contributed by atoms with E-state index in [0.717, 1.165) is 30.4 Å². The fraction of sp³-hybridized carbons (Fsp3) is 0.409. The zero-order chi connectivity index (χ0) is 20.1. The molecule has 0 spiro atoms. The van der Waals surface area contributed by atoms with E-state index in [1.54, 1.807) is 17.9 Å². The van der Waals surface area contributed by atoms with Gasteiger partial charge in [0.05, 0.1) is 11.4 Å². The zero-order valence-electron chi connectivity index (χ0n) is 16.6. The second-order valence-corrected chi connectivity index (χ2v) is 9.38. The molecule has 6 heteroatoms. The predicted molar refractivity (Wildman–Crippen MR) is 110 cm³/mol. The lowest BCUT2D eigenvalue weighted by Gasteiger charge is -2.30. The lowest BCUT2D eigenvalue weighted by Crippen LogP contribution is -2.44. The molecule has 0 radical (unpaired) electrons. The number of piperidine rings is 1. The van der Waals surface area contributed by atoms with Gasteiger partial charge < -0.3 is 4.90 Å². The molecule has 150 valence electrons. The maximum Gasteiger partial charge on any atom is 0.244 e. The molecule has 1 fully saturated rings. The van der Waals surface area contributed by atoms with Crippen molar-refractivity contribution in [1.29, 1.82) is 0 Å². The summed E-state index contributed by atoms with van der Waals surface area (Å²) in [7, 11) is -3.80. The van der Waals surface area contributed by atoms with Crippen molar-refractivity contribution in [1.82, 2.24) is 9.21 Å². The molecule has 1 aliphatic heterocycles. The summed E-state index contributed by atoms with van der Waals surface area (Å²) in [6, 6.07) is 14.8. The normalized spacial score (nSPS) is 15.0. The summed E-state index contributed by atoms with van der Waals surface area (Å²) in [5, 5.41) is 0. The Kier molecular flexibility index (Phi) is 6.52. The Hall–Kier alpha value is -2.18. The monoisotopic (exact) mass is 400 g/mol. The number of amides is 1. The number of aryl methyl sites for hydroxylation is 2. The fourth-order valence-electron chi connectivity index (χ4n) is 3.53. The van der Waals surface area contributed by atoms with E-state index >= 15 is 0 Å². The van der Waals surface area contributed by atoms with E-state index < -0.39 is 10.0 Å². The highest BCUT2D eigenvalue weighted by Crippen LogP contribution is 2.23. The minimum absolute atomic E-state index is 0.121. The van der Waals surface area contributed by atoms with Gasteiger partial charge in [-0.25, -0.2) is 8.42 Å². The van der Waals surface area contributed by atoms with Crippen LogP contribution in [0.2, 0.25) is 0 Å². The molecule has 28 heavy (non-hydrogen) atoms. The molecule has 1 amide bonds. The van der Waals surface area contributed by atoms with Gasteiger partial charge in [-0.05, 0) is 55.9 Å². The van der Waals surface area contributed by atoms with Gasteiger partial charge in [-0.15, -0.1) is 0 Å².